The van der Waals surface area contributed by atoms with Crippen LogP contribution in [0.25, 0.3) is 6.08 Å². The molecule has 3 aromatic carbocycles. The first-order chi connectivity index (χ1) is 16.3. The Morgan fingerprint density at radius 1 is 1.09 bits per heavy atom. The summed E-state index contributed by atoms with van der Waals surface area (Å²) in [5.41, 5.74) is 1.43. The molecule has 0 bridgehead atoms. The molecule has 1 aliphatic rings. The average Bonchev–Trinajstić information content (AvgIpc) is 3.18. The first kappa shape index (κ1) is 23.3. The van der Waals surface area contributed by atoms with E-state index < -0.39 is 10.9 Å². The number of non-ortho nitro benzene ring substituents is 1. The van der Waals surface area contributed by atoms with E-state index in [1.165, 1.54) is 31.4 Å². The number of esters is 1. The maximum absolute atomic E-state index is 12.3. The third-order valence-corrected chi connectivity index (χ3v) is 5.38. The lowest BCUT2D eigenvalue weighted by atomic mass is 10.1. The number of carbonyl (C=O) groups is 1. The van der Waals surface area contributed by atoms with Crippen molar-refractivity contribution in [3.8, 4) is 11.5 Å². The summed E-state index contributed by atoms with van der Waals surface area (Å²) >= 11 is 12.1. The number of halogens is 2. The maximum Gasteiger partial charge on any atom is 0.363 e. The molecule has 4 rings (SSSR count). The van der Waals surface area contributed by atoms with E-state index >= 15 is 0 Å². The number of nitro groups is 1. The van der Waals surface area contributed by atoms with Gasteiger partial charge in [-0.15, -0.1) is 0 Å². The number of nitro benzene ring substituents is 1. The second-order valence-electron chi connectivity index (χ2n) is 7.08. The first-order valence-electron chi connectivity index (χ1n) is 9.86. The molecule has 172 valence electrons. The van der Waals surface area contributed by atoms with Gasteiger partial charge in [0.1, 0.15) is 6.61 Å². The Labute approximate surface area is 204 Å². The van der Waals surface area contributed by atoms with Crippen LogP contribution in [-0.4, -0.2) is 23.9 Å². The topological polar surface area (TPSA) is 100 Å². The van der Waals surface area contributed by atoms with Gasteiger partial charge in [-0.2, -0.15) is 0 Å². The molecule has 10 heteroatoms. The molecule has 0 saturated heterocycles. The van der Waals surface area contributed by atoms with E-state index in [1.54, 1.807) is 24.3 Å². The quantitative estimate of drug-likeness (QED) is 0.175. The number of cyclic esters (lactones) is 1. The van der Waals surface area contributed by atoms with Crippen LogP contribution in [0.1, 0.15) is 16.7 Å². The van der Waals surface area contributed by atoms with Crippen molar-refractivity contribution in [2.75, 3.05) is 7.11 Å². The molecule has 34 heavy (non-hydrogen) atoms. The number of rotatable bonds is 7. The van der Waals surface area contributed by atoms with Crippen LogP contribution in [-0.2, 0) is 16.1 Å². The smallest absolute Gasteiger partial charge is 0.363 e. The summed E-state index contributed by atoms with van der Waals surface area (Å²) in [6.07, 6.45) is 1.51. The van der Waals surface area contributed by atoms with Gasteiger partial charge in [-0.25, -0.2) is 9.79 Å². The van der Waals surface area contributed by atoms with Crippen molar-refractivity contribution in [1.29, 1.82) is 0 Å². The van der Waals surface area contributed by atoms with Gasteiger partial charge >= 0.3 is 5.97 Å². The molecule has 0 fully saturated rings. The second-order valence-corrected chi connectivity index (χ2v) is 7.93. The number of methoxy groups -OCH3 is 1. The highest BCUT2D eigenvalue weighted by atomic mass is 35.5. The minimum atomic E-state index is -0.698. The summed E-state index contributed by atoms with van der Waals surface area (Å²) in [4.78, 5) is 27.0. The lowest BCUT2D eigenvalue weighted by Crippen LogP contribution is -2.06. The van der Waals surface area contributed by atoms with Gasteiger partial charge in [0, 0.05) is 33.3 Å². The molecule has 0 aliphatic carbocycles. The fourth-order valence-corrected chi connectivity index (χ4v) is 3.58. The summed E-state index contributed by atoms with van der Waals surface area (Å²) in [7, 11) is 1.50. The first-order valence-corrected chi connectivity index (χ1v) is 10.6. The number of benzene rings is 3. The SMILES string of the molecule is COc1cc(/C=C2\N=C(c3cc(Cl)cc([N+](=O)[O-])c3)OC2=O)ccc1OCc1ccccc1Cl. The van der Waals surface area contributed by atoms with Crippen molar-refractivity contribution in [3.63, 3.8) is 0 Å². The van der Waals surface area contributed by atoms with Crippen LogP contribution in [0.4, 0.5) is 5.69 Å². The predicted molar refractivity (Wildman–Crippen MR) is 127 cm³/mol. The standard InChI is InChI=1S/C24H16Cl2N2O6/c1-32-22-9-14(6-7-21(22)33-13-15-4-2-3-5-19(15)26)8-20-24(29)34-23(27-20)16-10-17(25)12-18(11-16)28(30)31/h2-12H,13H2,1H3/b20-8-. The van der Waals surface area contributed by atoms with Crippen LogP contribution in [0.2, 0.25) is 10.0 Å². The Kier molecular flexibility index (Phi) is 6.81. The van der Waals surface area contributed by atoms with Crippen molar-refractivity contribution in [1.82, 2.24) is 0 Å². The monoisotopic (exact) mass is 498 g/mol. The summed E-state index contributed by atoms with van der Waals surface area (Å²) in [5, 5.41) is 11.8. The summed E-state index contributed by atoms with van der Waals surface area (Å²) < 4.78 is 16.5. The van der Waals surface area contributed by atoms with Crippen molar-refractivity contribution >= 4 is 46.8 Å². The number of ether oxygens (including phenoxy) is 3. The lowest BCUT2D eigenvalue weighted by Gasteiger charge is -2.12. The molecule has 3 aromatic rings. The molecular weight excluding hydrogens is 483 g/mol. The van der Waals surface area contributed by atoms with Crippen LogP contribution in [0.5, 0.6) is 11.5 Å². The number of hydrogen-bond acceptors (Lipinski definition) is 7. The summed E-state index contributed by atoms with van der Waals surface area (Å²) in [5.74, 6) is 0.167. The molecule has 1 heterocycles. The molecule has 0 unspecified atom stereocenters. The lowest BCUT2D eigenvalue weighted by molar-refractivity contribution is -0.384. The Hall–Kier alpha value is -3.88. The molecule has 0 aromatic heterocycles. The minimum Gasteiger partial charge on any atom is -0.493 e. The molecule has 8 nitrogen and oxygen atoms in total. The van der Waals surface area contributed by atoms with E-state index in [1.807, 2.05) is 18.2 Å². The number of carbonyl (C=O) groups excluding carboxylic acids is 1. The van der Waals surface area contributed by atoms with Crippen molar-refractivity contribution in [2.24, 2.45) is 4.99 Å². The largest absolute Gasteiger partial charge is 0.493 e. The Bertz CT molecular complexity index is 1350. The Morgan fingerprint density at radius 3 is 2.62 bits per heavy atom. The fraction of sp³-hybridized carbons (Fsp3) is 0.0833. The molecule has 1 aliphatic heterocycles. The van der Waals surface area contributed by atoms with Crippen LogP contribution < -0.4 is 9.47 Å². The molecule has 0 radical (unpaired) electrons. The van der Waals surface area contributed by atoms with Gasteiger partial charge in [0.15, 0.2) is 17.2 Å². The number of aliphatic imine (C=N–C) groups is 1. The predicted octanol–water partition coefficient (Wildman–Crippen LogP) is 5.83. The highest BCUT2D eigenvalue weighted by Gasteiger charge is 2.26. The van der Waals surface area contributed by atoms with E-state index in [0.717, 1.165) is 5.56 Å². The Balaban J connectivity index is 1.57. The van der Waals surface area contributed by atoms with E-state index in [9.17, 15) is 14.9 Å². The van der Waals surface area contributed by atoms with Gasteiger partial charge in [0.05, 0.1) is 12.0 Å². The summed E-state index contributed by atoms with van der Waals surface area (Å²) in [6, 6.07) is 16.3. The molecular formula is C24H16Cl2N2O6. The van der Waals surface area contributed by atoms with Gasteiger partial charge in [-0.05, 0) is 35.9 Å². The molecule has 0 saturated carbocycles. The van der Waals surface area contributed by atoms with Gasteiger partial charge in [-0.3, -0.25) is 10.1 Å². The van der Waals surface area contributed by atoms with Crippen LogP contribution in [0.15, 0.2) is 71.4 Å². The van der Waals surface area contributed by atoms with E-state index in [2.05, 4.69) is 4.99 Å². The summed E-state index contributed by atoms with van der Waals surface area (Å²) in [6.45, 7) is 0.252. The zero-order valence-corrected chi connectivity index (χ0v) is 19.2. The molecule has 0 N–H and O–H groups in total. The highest BCUT2D eigenvalue weighted by molar-refractivity contribution is 6.31. The molecule has 0 atom stereocenters. The van der Waals surface area contributed by atoms with Gasteiger partial charge < -0.3 is 14.2 Å². The van der Waals surface area contributed by atoms with E-state index in [-0.39, 0.29) is 34.5 Å². The number of nitrogens with zero attached hydrogens (tertiary/aromatic N) is 2. The van der Waals surface area contributed by atoms with Crippen LogP contribution >= 0.6 is 23.2 Å². The van der Waals surface area contributed by atoms with Crippen molar-refractivity contribution in [3.05, 3.63) is 103 Å². The zero-order chi connectivity index (χ0) is 24.2. The van der Waals surface area contributed by atoms with E-state index in [0.29, 0.717) is 22.1 Å². The van der Waals surface area contributed by atoms with Crippen LogP contribution in [0.3, 0.4) is 0 Å². The minimum absolute atomic E-state index is 0.0180. The number of hydrogen-bond donors (Lipinski definition) is 0. The van der Waals surface area contributed by atoms with Crippen LogP contribution in [0, 0.1) is 10.1 Å². The van der Waals surface area contributed by atoms with E-state index in [4.69, 9.17) is 37.4 Å². The Morgan fingerprint density at radius 2 is 1.88 bits per heavy atom. The third-order valence-electron chi connectivity index (χ3n) is 4.79. The third kappa shape index (κ3) is 5.19. The van der Waals surface area contributed by atoms with Gasteiger partial charge in [0.2, 0.25) is 5.90 Å². The normalized spacial score (nSPS) is 14.0. The molecule has 0 spiro atoms. The molecule has 0 amide bonds. The second kappa shape index (κ2) is 9.94. The highest BCUT2D eigenvalue weighted by Crippen LogP contribution is 2.31. The zero-order valence-electron chi connectivity index (χ0n) is 17.7. The van der Waals surface area contributed by atoms with Gasteiger partial charge in [0.25, 0.3) is 5.69 Å². The average molecular weight is 499 g/mol. The maximum atomic E-state index is 12.3. The van der Waals surface area contributed by atoms with Crippen molar-refractivity contribution in [2.45, 2.75) is 6.61 Å². The van der Waals surface area contributed by atoms with Gasteiger partial charge in [-0.1, -0.05) is 47.5 Å². The van der Waals surface area contributed by atoms with Crippen molar-refractivity contribution < 1.29 is 23.9 Å². The fourth-order valence-electron chi connectivity index (χ4n) is 3.16.